The molecule has 0 aliphatic heterocycles. The van der Waals surface area contributed by atoms with Crippen LogP contribution in [0.3, 0.4) is 0 Å². The number of pyridine rings is 1. The van der Waals surface area contributed by atoms with Gasteiger partial charge in [0.25, 0.3) is 5.91 Å². The number of benzene rings is 1. The smallest absolute Gasteiger partial charge is 0.252 e. The molecule has 0 aliphatic carbocycles. The average Bonchev–Trinajstić information content (AvgIpc) is 2.45. The summed E-state index contributed by atoms with van der Waals surface area (Å²) in [5.74, 6) is -0.168. The molecule has 0 saturated heterocycles. The van der Waals surface area contributed by atoms with Crippen molar-refractivity contribution in [2.45, 2.75) is 6.92 Å². The summed E-state index contributed by atoms with van der Waals surface area (Å²) >= 11 is 3.29. The Morgan fingerprint density at radius 2 is 1.90 bits per heavy atom. The van der Waals surface area contributed by atoms with E-state index in [1.54, 1.807) is 30.3 Å². The monoisotopic (exact) mass is 347 g/mol. The minimum absolute atomic E-state index is 0.115. The zero-order valence-electron chi connectivity index (χ0n) is 11.4. The molecule has 0 bridgehead atoms. The summed E-state index contributed by atoms with van der Waals surface area (Å²) in [6, 6.07) is 12.4. The van der Waals surface area contributed by atoms with Crippen LogP contribution in [-0.2, 0) is 4.79 Å². The third kappa shape index (κ3) is 4.39. The highest BCUT2D eigenvalue weighted by atomic mass is 79.9. The maximum absolute atomic E-state index is 11.9. The number of anilines is 1. The second-order valence-corrected chi connectivity index (χ2v) is 5.23. The lowest BCUT2D eigenvalue weighted by atomic mass is 10.2. The van der Waals surface area contributed by atoms with Gasteiger partial charge in [0, 0.05) is 10.2 Å². The van der Waals surface area contributed by atoms with E-state index < -0.39 is 0 Å². The first-order valence-electron chi connectivity index (χ1n) is 6.32. The van der Waals surface area contributed by atoms with Gasteiger partial charge in [0.2, 0.25) is 5.91 Å². The zero-order valence-corrected chi connectivity index (χ0v) is 13.0. The Balaban J connectivity index is 1.90. The van der Waals surface area contributed by atoms with E-state index in [1.807, 2.05) is 19.1 Å². The van der Waals surface area contributed by atoms with Crippen LogP contribution in [0, 0.1) is 6.92 Å². The van der Waals surface area contributed by atoms with Crippen molar-refractivity contribution < 1.29 is 9.59 Å². The number of carbonyl (C=O) groups excluding carboxylic acids is 2. The van der Waals surface area contributed by atoms with Gasteiger partial charge < -0.3 is 10.6 Å². The number of carbonyl (C=O) groups is 2. The van der Waals surface area contributed by atoms with Gasteiger partial charge in [-0.1, -0.05) is 18.2 Å². The lowest BCUT2D eigenvalue weighted by molar-refractivity contribution is -0.115. The standard InChI is InChI=1S/C15H14BrN3O2/c1-10-5-4-8-13(18-10)19-14(20)9-17-15(21)11-6-2-3-7-12(11)16/h2-8H,9H2,1H3,(H,17,21)(H,18,19,20). The second kappa shape index (κ2) is 6.99. The number of nitrogens with zero attached hydrogens (tertiary/aromatic N) is 1. The molecule has 6 heteroatoms. The molecule has 0 fully saturated rings. The molecule has 1 aromatic carbocycles. The molecule has 0 unspecified atom stereocenters. The van der Waals surface area contributed by atoms with Gasteiger partial charge in [-0.3, -0.25) is 9.59 Å². The van der Waals surface area contributed by atoms with Gasteiger partial charge in [-0.05, 0) is 47.1 Å². The number of hydrogen-bond acceptors (Lipinski definition) is 3. The van der Waals surface area contributed by atoms with E-state index in [1.165, 1.54) is 0 Å². The van der Waals surface area contributed by atoms with Crippen molar-refractivity contribution in [2.75, 3.05) is 11.9 Å². The summed E-state index contributed by atoms with van der Waals surface area (Å²) in [6.07, 6.45) is 0. The van der Waals surface area contributed by atoms with Crippen molar-refractivity contribution in [1.29, 1.82) is 0 Å². The first-order chi connectivity index (χ1) is 10.1. The Labute approximate surface area is 130 Å². The number of nitrogens with one attached hydrogen (secondary N) is 2. The van der Waals surface area contributed by atoms with E-state index >= 15 is 0 Å². The van der Waals surface area contributed by atoms with Crippen LogP contribution in [0.2, 0.25) is 0 Å². The lowest BCUT2D eigenvalue weighted by Gasteiger charge is -2.07. The minimum atomic E-state index is -0.325. The third-order valence-corrected chi connectivity index (χ3v) is 3.38. The van der Waals surface area contributed by atoms with Crippen LogP contribution in [0.1, 0.15) is 16.1 Å². The number of aryl methyl sites for hydroxylation is 1. The maximum Gasteiger partial charge on any atom is 0.252 e. The van der Waals surface area contributed by atoms with Gasteiger partial charge in [0.1, 0.15) is 5.82 Å². The summed E-state index contributed by atoms with van der Waals surface area (Å²) in [7, 11) is 0. The van der Waals surface area contributed by atoms with Gasteiger partial charge in [-0.25, -0.2) is 4.98 Å². The van der Waals surface area contributed by atoms with E-state index in [-0.39, 0.29) is 18.4 Å². The molecular weight excluding hydrogens is 334 g/mol. The van der Waals surface area contributed by atoms with Gasteiger partial charge >= 0.3 is 0 Å². The predicted octanol–water partition coefficient (Wildman–Crippen LogP) is 2.52. The molecule has 21 heavy (non-hydrogen) atoms. The molecule has 0 saturated carbocycles. The molecule has 0 radical (unpaired) electrons. The van der Waals surface area contributed by atoms with Crippen molar-refractivity contribution in [1.82, 2.24) is 10.3 Å². The Hall–Kier alpha value is -2.21. The second-order valence-electron chi connectivity index (χ2n) is 4.37. The van der Waals surface area contributed by atoms with Gasteiger partial charge in [-0.15, -0.1) is 0 Å². The fourth-order valence-corrected chi connectivity index (χ4v) is 2.17. The van der Waals surface area contributed by atoms with Crippen LogP contribution >= 0.6 is 15.9 Å². The maximum atomic E-state index is 11.9. The van der Waals surface area contributed by atoms with E-state index in [2.05, 4.69) is 31.5 Å². The first-order valence-corrected chi connectivity index (χ1v) is 7.12. The van der Waals surface area contributed by atoms with E-state index in [0.29, 0.717) is 15.9 Å². The molecule has 2 N–H and O–H groups in total. The van der Waals surface area contributed by atoms with Crippen LogP contribution < -0.4 is 10.6 Å². The fraction of sp³-hybridized carbons (Fsp3) is 0.133. The lowest BCUT2D eigenvalue weighted by Crippen LogP contribution is -2.33. The number of hydrogen-bond donors (Lipinski definition) is 2. The van der Waals surface area contributed by atoms with Crippen LogP contribution in [-0.4, -0.2) is 23.3 Å². The Kier molecular flexibility index (Phi) is 5.05. The molecule has 0 aliphatic rings. The summed E-state index contributed by atoms with van der Waals surface area (Å²) in [5, 5.41) is 5.19. The van der Waals surface area contributed by atoms with Gasteiger partial charge in [0.05, 0.1) is 12.1 Å². The van der Waals surface area contributed by atoms with Crippen LogP contribution in [0.25, 0.3) is 0 Å². The topological polar surface area (TPSA) is 71.1 Å². The third-order valence-electron chi connectivity index (χ3n) is 2.68. The highest BCUT2D eigenvalue weighted by molar-refractivity contribution is 9.10. The van der Waals surface area contributed by atoms with E-state index in [0.717, 1.165) is 5.69 Å². The molecule has 1 heterocycles. The SMILES string of the molecule is Cc1cccc(NC(=O)CNC(=O)c2ccccc2Br)n1. The predicted molar refractivity (Wildman–Crippen MR) is 84.1 cm³/mol. The van der Waals surface area contributed by atoms with Crippen LogP contribution in [0.4, 0.5) is 5.82 Å². The normalized spacial score (nSPS) is 10.0. The summed E-state index contributed by atoms with van der Waals surface area (Å²) in [4.78, 5) is 27.9. The van der Waals surface area contributed by atoms with Gasteiger partial charge in [-0.2, -0.15) is 0 Å². The van der Waals surface area contributed by atoms with Crippen molar-refractivity contribution >= 4 is 33.6 Å². The molecule has 2 aromatic rings. The van der Waals surface area contributed by atoms with E-state index in [4.69, 9.17) is 0 Å². The molecule has 1 aromatic heterocycles. The van der Waals surface area contributed by atoms with Crippen molar-refractivity contribution in [2.24, 2.45) is 0 Å². The number of rotatable bonds is 4. The van der Waals surface area contributed by atoms with Crippen LogP contribution in [0.5, 0.6) is 0 Å². The van der Waals surface area contributed by atoms with Crippen LogP contribution in [0.15, 0.2) is 46.9 Å². The zero-order chi connectivity index (χ0) is 15.2. The highest BCUT2D eigenvalue weighted by Gasteiger charge is 2.11. The number of aromatic nitrogens is 1. The average molecular weight is 348 g/mol. The van der Waals surface area contributed by atoms with Crippen molar-refractivity contribution in [3.05, 3.63) is 58.2 Å². The molecule has 0 atom stereocenters. The Bertz CT molecular complexity index is 673. The molecule has 2 rings (SSSR count). The number of amides is 2. The highest BCUT2D eigenvalue weighted by Crippen LogP contribution is 2.15. The van der Waals surface area contributed by atoms with Crippen molar-refractivity contribution in [3.63, 3.8) is 0 Å². The molecular formula is C15H14BrN3O2. The largest absolute Gasteiger partial charge is 0.343 e. The summed E-state index contributed by atoms with van der Waals surface area (Å²) in [6.45, 7) is 1.72. The quantitative estimate of drug-likeness (QED) is 0.892. The molecule has 0 spiro atoms. The summed E-state index contributed by atoms with van der Waals surface area (Å²) in [5.41, 5.74) is 1.30. The summed E-state index contributed by atoms with van der Waals surface area (Å²) < 4.78 is 0.684. The molecule has 5 nitrogen and oxygen atoms in total. The molecule has 108 valence electrons. The van der Waals surface area contributed by atoms with E-state index in [9.17, 15) is 9.59 Å². The van der Waals surface area contributed by atoms with Gasteiger partial charge in [0.15, 0.2) is 0 Å². The minimum Gasteiger partial charge on any atom is -0.343 e. The fourth-order valence-electron chi connectivity index (χ4n) is 1.70. The first kappa shape index (κ1) is 15.2. The van der Waals surface area contributed by atoms with Crippen molar-refractivity contribution in [3.8, 4) is 0 Å². The molecule has 2 amide bonds. The number of halogens is 1. The Morgan fingerprint density at radius 1 is 1.14 bits per heavy atom. The Morgan fingerprint density at radius 3 is 2.62 bits per heavy atom.